The standard InChI is InChI=1S/C13H21NO2S/c1-4-14-11(2)10-12(3)17(15,16)13-8-6-5-7-9-13/h5-9,11-12,14H,4,10H2,1-3H3. The maximum atomic E-state index is 12.2. The zero-order valence-corrected chi connectivity index (χ0v) is 11.5. The van der Waals surface area contributed by atoms with Crippen molar-refractivity contribution in [3.05, 3.63) is 30.3 Å². The summed E-state index contributed by atoms with van der Waals surface area (Å²) in [6, 6.07) is 8.87. The molecule has 0 spiro atoms. The Balaban J connectivity index is 2.78. The van der Waals surface area contributed by atoms with Gasteiger partial charge in [-0.25, -0.2) is 8.42 Å². The molecule has 96 valence electrons. The normalized spacial score (nSPS) is 15.5. The predicted octanol–water partition coefficient (Wildman–Crippen LogP) is 2.24. The van der Waals surface area contributed by atoms with Crippen molar-refractivity contribution in [1.29, 1.82) is 0 Å². The largest absolute Gasteiger partial charge is 0.314 e. The molecule has 0 aliphatic heterocycles. The van der Waals surface area contributed by atoms with E-state index in [0.717, 1.165) is 6.54 Å². The monoisotopic (exact) mass is 255 g/mol. The molecular formula is C13H21NO2S. The molecule has 1 rings (SSSR count). The number of sulfone groups is 1. The van der Waals surface area contributed by atoms with Gasteiger partial charge in [-0.3, -0.25) is 0 Å². The van der Waals surface area contributed by atoms with Crippen molar-refractivity contribution < 1.29 is 8.42 Å². The SMILES string of the molecule is CCNC(C)CC(C)S(=O)(=O)c1ccccc1. The Morgan fingerprint density at radius 2 is 1.76 bits per heavy atom. The third kappa shape index (κ3) is 3.82. The third-order valence-electron chi connectivity index (χ3n) is 2.84. The smallest absolute Gasteiger partial charge is 0.181 e. The van der Waals surface area contributed by atoms with Gasteiger partial charge in [0.15, 0.2) is 9.84 Å². The molecule has 0 fully saturated rings. The average molecular weight is 255 g/mol. The summed E-state index contributed by atoms with van der Waals surface area (Å²) in [4.78, 5) is 0.413. The molecule has 0 aromatic heterocycles. The van der Waals surface area contributed by atoms with Gasteiger partial charge in [0.1, 0.15) is 0 Å². The Morgan fingerprint density at radius 1 is 1.18 bits per heavy atom. The number of benzene rings is 1. The second kappa shape index (κ2) is 6.17. The van der Waals surface area contributed by atoms with E-state index in [1.165, 1.54) is 0 Å². The fourth-order valence-electron chi connectivity index (χ4n) is 1.90. The van der Waals surface area contributed by atoms with Crippen molar-refractivity contribution in [2.24, 2.45) is 0 Å². The van der Waals surface area contributed by atoms with Crippen LogP contribution in [0.1, 0.15) is 27.2 Å². The topological polar surface area (TPSA) is 46.2 Å². The highest BCUT2D eigenvalue weighted by Crippen LogP contribution is 2.18. The number of hydrogen-bond acceptors (Lipinski definition) is 3. The minimum absolute atomic E-state index is 0.216. The Bertz CT molecular complexity index is 428. The van der Waals surface area contributed by atoms with Crippen molar-refractivity contribution in [3.63, 3.8) is 0 Å². The highest BCUT2D eigenvalue weighted by molar-refractivity contribution is 7.92. The summed E-state index contributed by atoms with van der Waals surface area (Å²) in [5, 5.41) is 2.87. The molecule has 0 saturated heterocycles. The molecule has 3 nitrogen and oxygen atoms in total. The van der Waals surface area contributed by atoms with E-state index in [9.17, 15) is 8.42 Å². The number of hydrogen-bond donors (Lipinski definition) is 1. The quantitative estimate of drug-likeness (QED) is 0.848. The lowest BCUT2D eigenvalue weighted by Crippen LogP contribution is -2.32. The van der Waals surface area contributed by atoms with Crippen LogP contribution >= 0.6 is 0 Å². The van der Waals surface area contributed by atoms with Gasteiger partial charge in [-0.05, 0) is 38.9 Å². The predicted molar refractivity (Wildman–Crippen MR) is 70.8 cm³/mol. The summed E-state index contributed by atoms with van der Waals surface area (Å²) < 4.78 is 24.5. The third-order valence-corrected chi connectivity index (χ3v) is 5.02. The second-order valence-electron chi connectivity index (χ2n) is 4.36. The molecule has 1 aromatic rings. The molecule has 2 unspecified atom stereocenters. The van der Waals surface area contributed by atoms with Crippen molar-refractivity contribution in [2.45, 2.75) is 43.4 Å². The number of rotatable bonds is 6. The van der Waals surface area contributed by atoms with Crippen LogP contribution in [-0.2, 0) is 9.84 Å². The fraction of sp³-hybridized carbons (Fsp3) is 0.538. The van der Waals surface area contributed by atoms with E-state index in [0.29, 0.717) is 11.3 Å². The van der Waals surface area contributed by atoms with Crippen LogP contribution in [-0.4, -0.2) is 26.3 Å². The summed E-state index contributed by atoms with van der Waals surface area (Å²) in [5.74, 6) is 0. The molecule has 2 atom stereocenters. The first-order valence-electron chi connectivity index (χ1n) is 6.00. The summed E-state index contributed by atoms with van der Waals surface area (Å²) in [6.45, 7) is 6.67. The van der Waals surface area contributed by atoms with Crippen LogP contribution in [0.15, 0.2) is 35.2 Å². The van der Waals surface area contributed by atoms with Crippen LogP contribution in [0, 0.1) is 0 Å². The first-order chi connectivity index (χ1) is 7.98. The van der Waals surface area contributed by atoms with Crippen LogP contribution in [0.25, 0.3) is 0 Å². The molecule has 0 heterocycles. The van der Waals surface area contributed by atoms with E-state index >= 15 is 0 Å². The van der Waals surface area contributed by atoms with Gasteiger partial charge in [-0.15, -0.1) is 0 Å². The van der Waals surface area contributed by atoms with E-state index in [2.05, 4.69) is 5.32 Å². The molecule has 0 aliphatic carbocycles. The molecule has 1 aromatic carbocycles. The molecule has 0 aliphatic rings. The van der Waals surface area contributed by atoms with Crippen molar-refractivity contribution >= 4 is 9.84 Å². The van der Waals surface area contributed by atoms with Gasteiger partial charge in [0, 0.05) is 6.04 Å². The Kier molecular flexibility index (Phi) is 5.15. The maximum Gasteiger partial charge on any atom is 0.181 e. The maximum absolute atomic E-state index is 12.2. The molecule has 0 saturated carbocycles. The van der Waals surface area contributed by atoms with Gasteiger partial charge in [-0.1, -0.05) is 25.1 Å². The summed E-state index contributed by atoms with van der Waals surface area (Å²) in [7, 11) is -3.19. The molecule has 17 heavy (non-hydrogen) atoms. The van der Waals surface area contributed by atoms with Gasteiger partial charge in [0.2, 0.25) is 0 Å². The highest BCUT2D eigenvalue weighted by atomic mass is 32.2. The number of nitrogens with one attached hydrogen (secondary N) is 1. The van der Waals surface area contributed by atoms with Crippen LogP contribution in [0.5, 0.6) is 0 Å². The summed E-state index contributed by atoms with van der Waals surface area (Å²) >= 11 is 0. The zero-order valence-electron chi connectivity index (χ0n) is 10.7. The lowest BCUT2D eigenvalue weighted by molar-refractivity contribution is 0.509. The van der Waals surface area contributed by atoms with Crippen LogP contribution in [0.3, 0.4) is 0 Å². The lowest BCUT2D eigenvalue weighted by Gasteiger charge is -2.18. The second-order valence-corrected chi connectivity index (χ2v) is 6.73. The van der Waals surface area contributed by atoms with E-state index < -0.39 is 9.84 Å². The average Bonchev–Trinajstić information content (AvgIpc) is 2.30. The minimum Gasteiger partial charge on any atom is -0.314 e. The Hall–Kier alpha value is -0.870. The first kappa shape index (κ1) is 14.2. The van der Waals surface area contributed by atoms with Gasteiger partial charge in [0.05, 0.1) is 10.1 Å². The Labute approximate surface area is 104 Å². The summed E-state index contributed by atoms with van der Waals surface area (Å²) in [5.41, 5.74) is 0. The van der Waals surface area contributed by atoms with Gasteiger partial charge in [0.25, 0.3) is 0 Å². The molecule has 0 bridgehead atoms. The van der Waals surface area contributed by atoms with Crippen LogP contribution < -0.4 is 5.32 Å². The molecule has 1 N–H and O–H groups in total. The summed E-state index contributed by atoms with van der Waals surface area (Å²) in [6.07, 6.45) is 0.630. The fourth-order valence-corrected chi connectivity index (χ4v) is 3.44. The van der Waals surface area contributed by atoms with Crippen LogP contribution in [0.2, 0.25) is 0 Å². The molecular weight excluding hydrogens is 234 g/mol. The van der Waals surface area contributed by atoms with E-state index in [1.807, 2.05) is 19.9 Å². The minimum atomic E-state index is -3.19. The van der Waals surface area contributed by atoms with Crippen molar-refractivity contribution in [2.75, 3.05) is 6.54 Å². The van der Waals surface area contributed by atoms with E-state index in [4.69, 9.17) is 0 Å². The molecule has 0 radical (unpaired) electrons. The molecule has 0 amide bonds. The Morgan fingerprint density at radius 3 is 2.29 bits per heavy atom. The lowest BCUT2D eigenvalue weighted by atomic mass is 10.2. The molecule has 4 heteroatoms. The van der Waals surface area contributed by atoms with Crippen molar-refractivity contribution in [1.82, 2.24) is 5.32 Å². The van der Waals surface area contributed by atoms with E-state index in [1.54, 1.807) is 31.2 Å². The van der Waals surface area contributed by atoms with E-state index in [-0.39, 0.29) is 11.3 Å². The first-order valence-corrected chi connectivity index (χ1v) is 7.55. The van der Waals surface area contributed by atoms with Crippen molar-refractivity contribution in [3.8, 4) is 0 Å². The van der Waals surface area contributed by atoms with Gasteiger partial charge in [-0.2, -0.15) is 0 Å². The van der Waals surface area contributed by atoms with Gasteiger partial charge >= 0.3 is 0 Å². The van der Waals surface area contributed by atoms with Gasteiger partial charge < -0.3 is 5.32 Å². The zero-order chi connectivity index (χ0) is 12.9. The van der Waals surface area contributed by atoms with Crippen LogP contribution in [0.4, 0.5) is 0 Å². The highest BCUT2D eigenvalue weighted by Gasteiger charge is 2.24.